The molecule has 5 rings (SSSR count). The van der Waals surface area contributed by atoms with Gasteiger partial charge in [0.1, 0.15) is 17.9 Å². The Morgan fingerprint density at radius 2 is 1.88 bits per heavy atom. The number of carbonyl (C=O) groups is 1. The first-order chi connectivity index (χ1) is 15.4. The van der Waals surface area contributed by atoms with Crippen molar-refractivity contribution in [1.82, 2.24) is 4.90 Å². The summed E-state index contributed by atoms with van der Waals surface area (Å²) in [5.41, 5.74) is 0.987. The summed E-state index contributed by atoms with van der Waals surface area (Å²) in [4.78, 5) is 28.4. The van der Waals surface area contributed by atoms with Crippen molar-refractivity contribution in [3.05, 3.63) is 88.3 Å². The summed E-state index contributed by atoms with van der Waals surface area (Å²) < 4.78 is 35.8. The van der Waals surface area contributed by atoms with E-state index in [4.69, 9.17) is 9.15 Å². The van der Waals surface area contributed by atoms with Crippen molar-refractivity contribution < 1.29 is 22.4 Å². The zero-order chi connectivity index (χ0) is 22.5. The molecule has 3 heterocycles. The summed E-state index contributed by atoms with van der Waals surface area (Å²) in [6, 6.07) is 12.6. The van der Waals surface area contributed by atoms with Crippen molar-refractivity contribution in [3.8, 4) is 5.75 Å². The van der Waals surface area contributed by atoms with Gasteiger partial charge in [-0.3, -0.25) is 9.59 Å². The van der Waals surface area contributed by atoms with E-state index in [9.17, 15) is 18.0 Å². The van der Waals surface area contributed by atoms with Crippen LogP contribution in [0.4, 0.5) is 0 Å². The Bertz CT molecular complexity index is 1390. The van der Waals surface area contributed by atoms with Gasteiger partial charge in [0.05, 0.1) is 28.5 Å². The van der Waals surface area contributed by atoms with E-state index in [1.165, 1.54) is 4.90 Å². The minimum Gasteiger partial charge on any atom is -0.490 e. The predicted molar refractivity (Wildman–Crippen MR) is 120 cm³/mol. The number of hydrogen-bond donors (Lipinski definition) is 0. The van der Waals surface area contributed by atoms with E-state index in [1.54, 1.807) is 54.6 Å². The molecule has 2 aliphatic heterocycles. The molecule has 2 aromatic carbocycles. The lowest BCUT2D eigenvalue weighted by molar-refractivity contribution is 0.0662. The van der Waals surface area contributed by atoms with Crippen LogP contribution in [0.25, 0.3) is 11.0 Å². The fourth-order valence-corrected chi connectivity index (χ4v) is 6.25. The van der Waals surface area contributed by atoms with Crippen LogP contribution in [0.1, 0.15) is 34.1 Å². The second-order valence-electron chi connectivity index (χ2n) is 8.01. The van der Waals surface area contributed by atoms with Crippen molar-refractivity contribution in [2.75, 3.05) is 18.1 Å². The Hall–Kier alpha value is -3.39. The number of amides is 1. The van der Waals surface area contributed by atoms with Gasteiger partial charge in [0.15, 0.2) is 15.3 Å². The van der Waals surface area contributed by atoms with Gasteiger partial charge in [-0.05, 0) is 36.2 Å². The summed E-state index contributed by atoms with van der Waals surface area (Å²) in [6.07, 6.45) is 1.96. The molecule has 8 heteroatoms. The second-order valence-corrected chi connectivity index (χ2v) is 10.2. The monoisotopic (exact) mass is 451 g/mol. The highest BCUT2D eigenvalue weighted by Gasteiger charge is 2.48. The van der Waals surface area contributed by atoms with E-state index >= 15 is 0 Å². The van der Waals surface area contributed by atoms with E-state index in [1.807, 2.05) is 0 Å². The number of para-hydroxylation sites is 1. The Kier molecular flexibility index (Phi) is 4.89. The van der Waals surface area contributed by atoms with Crippen molar-refractivity contribution >= 4 is 26.7 Å². The number of sulfone groups is 1. The average molecular weight is 452 g/mol. The van der Waals surface area contributed by atoms with Crippen molar-refractivity contribution in [1.29, 1.82) is 0 Å². The molecule has 0 aliphatic carbocycles. The van der Waals surface area contributed by atoms with Gasteiger partial charge in [0.2, 0.25) is 5.76 Å². The first-order valence-electron chi connectivity index (χ1n) is 10.3. The zero-order valence-electron chi connectivity index (χ0n) is 17.2. The van der Waals surface area contributed by atoms with E-state index in [-0.39, 0.29) is 28.3 Å². The normalized spacial score (nSPS) is 21.6. The quantitative estimate of drug-likeness (QED) is 0.554. The molecule has 1 amide bonds. The fraction of sp³-hybridized carbons (Fsp3) is 0.250. The van der Waals surface area contributed by atoms with Crippen LogP contribution in [0.15, 0.2) is 70.4 Å². The summed E-state index contributed by atoms with van der Waals surface area (Å²) in [7, 11) is -3.25. The standard InChI is InChI=1S/C24H21NO6S/c1-2-12-30-17-9-7-15(8-10-17)21-20-22(26)18-5-3-4-6-19(18)31-23(20)24(27)25(21)16-11-13-32(28,29)14-16/h2-10,16,21H,1,11-14H2. The van der Waals surface area contributed by atoms with Crippen LogP contribution in [0, 0.1) is 0 Å². The third-order valence-corrected chi connectivity index (χ3v) is 7.73. The molecule has 0 radical (unpaired) electrons. The summed E-state index contributed by atoms with van der Waals surface area (Å²) >= 11 is 0. The number of ether oxygens (including phenoxy) is 1. The van der Waals surface area contributed by atoms with Gasteiger partial charge in [-0.1, -0.05) is 36.9 Å². The maximum atomic E-state index is 13.5. The third-order valence-electron chi connectivity index (χ3n) is 5.98. The highest BCUT2D eigenvalue weighted by molar-refractivity contribution is 7.91. The van der Waals surface area contributed by atoms with Crippen LogP contribution in [0.3, 0.4) is 0 Å². The Labute approximate surface area is 184 Å². The minimum atomic E-state index is -3.25. The Balaban J connectivity index is 1.67. The smallest absolute Gasteiger partial charge is 0.291 e. The lowest BCUT2D eigenvalue weighted by Gasteiger charge is -2.30. The predicted octanol–water partition coefficient (Wildman–Crippen LogP) is 3.09. The molecule has 0 saturated carbocycles. The topological polar surface area (TPSA) is 93.9 Å². The minimum absolute atomic E-state index is 0.0161. The molecule has 2 atom stereocenters. The third kappa shape index (κ3) is 3.31. The fourth-order valence-electron chi connectivity index (χ4n) is 4.54. The van der Waals surface area contributed by atoms with Gasteiger partial charge in [-0.25, -0.2) is 8.42 Å². The lowest BCUT2D eigenvalue weighted by atomic mass is 9.97. The van der Waals surface area contributed by atoms with Crippen LogP contribution in [0.2, 0.25) is 0 Å². The van der Waals surface area contributed by atoms with Crippen molar-refractivity contribution in [2.24, 2.45) is 0 Å². The molecule has 1 saturated heterocycles. The van der Waals surface area contributed by atoms with Gasteiger partial charge in [0, 0.05) is 6.04 Å². The number of benzene rings is 2. The number of nitrogens with zero attached hydrogens (tertiary/aromatic N) is 1. The highest BCUT2D eigenvalue weighted by Crippen LogP contribution is 2.41. The molecular weight excluding hydrogens is 430 g/mol. The van der Waals surface area contributed by atoms with E-state index in [0.717, 1.165) is 0 Å². The molecular formula is C24H21NO6S. The number of hydrogen-bond acceptors (Lipinski definition) is 6. The van der Waals surface area contributed by atoms with Gasteiger partial charge in [0.25, 0.3) is 5.91 Å². The number of rotatable bonds is 5. The SMILES string of the molecule is C=CCOc1ccc(C2c3c(oc4ccccc4c3=O)C(=O)N2C2CCS(=O)(=O)C2)cc1. The summed E-state index contributed by atoms with van der Waals surface area (Å²) in [5, 5.41) is 0.385. The molecule has 1 fully saturated rings. The average Bonchev–Trinajstić information content (AvgIpc) is 3.29. The van der Waals surface area contributed by atoms with E-state index in [2.05, 4.69) is 6.58 Å². The van der Waals surface area contributed by atoms with Crippen molar-refractivity contribution in [3.63, 3.8) is 0 Å². The summed E-state index contributed by atoms with van der Waals surface area (Å²) in [6.45, 7) is 3.98. The first kappa shape index (κ1) is 20.5. The van der Waals surface area contributed by atoms with E-state index in [0.29, 0.717) is 35.3 Å². The molecule has 32 heavy (non-hydrogen) atoms. The van der Waals surface area contributed by atoms with E-state index < -0.39 is 27.8 Å². The molecule has 0 N–H and O–H groups in total. The second kappa shape index (κ2) is 7.63. The Morgan fingerprint density at radius 3 is 2.56 bits per heavy atom. The summed E-state index contributed by atoms with van der Waals surface area (Å²) in [5.74, 6) is 0.0373. The van der Waals surface area contributed by atoms with Crippen LogP contribution in [-0.4, -0.2) is 43.4 Å². The molecule has 1 aromatic heterocycles. The molecule has 164 valence electrons. The molecule has 2 aliphatic rings. The van der Waals surface area contributed by atoms with Crippen molar-refractivity contribution in [2.45, 2.75) is 18.5 Å². The Morgan fingerprint density at radius 1 is 1.12 bits per heavy atom. The van der Waals surface area contributed by atoms with Crippen LogP contribution in [0.5, 0.6) is 5.75 Å². The molecule has 0 spiro atoms. The largest absolute Gasteiger partial charge is 0.490 e. The molecule has 0 bridgehead atoms. The lowest BCUT2D eigenvalue weighted by Crippen LogP contribution is -2.40. The van der Waals surface area contributed by atoms with Gasteiger partial charge in [-0.15, -0.1) is 0 Å². The maximum absolute atomic E-state index is 13.5. The number of fused-ring (bicyclic) bond motifs is 2. The number of carbonyl (C=O) groups excluding carboxylic acids is 1. The highest BCUT2D eigenvalue weighted by atomic mass is 32.2. The van der Waals surface area contributed by atoms with Gasteiger partial charge < -0.3 is 14.1 Å². The van der Waals surface area contributed by atoms with Gasteiger partial charge >= 0.3 is 0 Å². The van der Waals surface area contributed by atoms with Crippen LogP contribution in [-0.2, 0) is 9.84 Å². The first-order valence-corrected chi connectivity index (χ1v) is 12.1. The zero-order valence-corrected chi connectivity index (χ0v) is 18.0. The van der Waals surface area contributed by atoms with Gasteiger partial charge in [-0.2, -0.15) is 0 Å². The van der Waals surface area contributed by atoms with Crippen LogP contribution >= 0.6 is 0 Å². The molecule has 3 aromatic rings. The molecule has 7 nitrogen and oxygen atoms in total. The van der Waals surface area contributed by atoms with Crippen LogP contribution < -0.4 is 10.2 Å². The maximum Gasteiger partial charge on any atom is 0.291 e. The molecule has 2 unspecified atom stereocenters.